The Morgan fingerprint density at radius 2 is 2.00 bits per heavy atom. The Kier molecular flexibility index (Phi) is 9.44. The summed E-state index contributed by atoms with van der Waals surface area (Å²) in [6, 6.07) is 7.17. The van der Waals surface area contributed by atoms with Crippen LogP contribution in [0.5, 0.6) is 0 Å². The fourth-order valence-electron chi connectivity index (χ4n) is 4.87. The highest BCUT2D eigenvalue weighted by atomic mass is 31.0. The zero-order valence-corrected chi connectivity index (χ0v) is 23.6. The monoisotopic (exact) mass is 532 g/mol. The zero-order chi connectivity index (χ0) is 27.9. The van der Waals surface area contributed by atoms with Gasteiger partial charge in [-0.3, -0.25) is 0 Å². The lowest BCUT2D eigenvalue weighted by Crippen LogP contribution is -2.25. The lowest BCUT2D eigenvalue weighted by molar-refractivity contribution is 0.0600. The van der Waals surface area contributed by atoms with Crippen LogP contribution in [0, 0.1) is 11.8 Å². The molecule has 1 saturated heterocycles. The van der Waals surface area contributed by atoms with E-state index in [1.807, 2.05) is 56.8 Å². The van der Waals surface area contributed by atoms with E-state index in [0.717, 1.165) is 29.8 Å². The molecule has 0 amide bonds. The van der Waals surface area contributed by atoms with Crippen LogP contribution in [-0.2, 0) is 15.9 Å². The van der Waals surface area contributed by atoms with Gasteiger partial charge in [0.1, 0.15) is 11.4 Å². The third kappa shape index (κ3) is 5.36. The van der Waals surface area contributed by atoms with Gasteiger partial charge >= 0.3 is 5.97 Å². The molecule has 2 aliphatic carbocycles. The third-order valence-electron chi connectivity index (χ3n) is 6.57. The molecule has 0 radical (unpaired) electrons. The molecule has 7 heteroatoms. The average Bonchev–Trinajstić information content (AvgIpc) is 3.19. The molecular formula is C31H34FN2O3P. The molecule has 198 valence electrons. The van der Waals surface area contributed by atoms with Gasteiger partial charge in [-0.1, -0.05) is 56.3 Å². The number of benzene rings is 1. The molecule has 1 aromatic heterocycles. The molecule has 2 aromatic rings. The van der Waals surface area contributed by atoms with E-state index >= 15 is 0 Å². The molecule has 0 N–H and O–H groups in total. The third-order valence-corrected chi connectivity index (χ3v) is 6.57. The topological polar surface area (TPSA) is 56.7 Å². The number of fused-ring (bicyclic) bond motifs is 1. The van der Waals surface area contributed by atoms with Crippen molar-refractivity contribution < 1.29 is 18.7 Å². The minimum absolute atomic E-state index is 0.407. The fourth-order valence-corrected chi connectivity index (χ4v) is 4.87. The maximum atomic E-state index is 13.1. The van der Waals surface area contributed by atoms with E-state index < -0.39 is 23.0 Å². The number of ether oxygens (including phenoxy) is 2. The second-order valence-electron chi connectivity index (χ2n) is 8.64. The normalized spacial score (nSPS) is 22.1. The second kappa shape index (κ2) is 12.3. The van der Waals surface area contributed by atoms with Gasteiger partial charge in [-0.2, -0.15) is 5.10 Å². The summed E-state index contributed by atoms with van der Waals surface area (Å²) in [4.78, 5) is 12.1. The summed E-state index contributed by atoms with van der Waals surface area (Å²) in [5.74, 6) is 7.41. The lowest BCUT2D eigenvalue weighted by Gasteiger charge is -2.19. The van der Waals surface area contributed by atoms with E-state index in [2.05, 4.69) is 38.5 Å². The van der Waals surface area contributed by atoms with Gasteiger partial charge < -0.3 is 9.47 Å². The number of esters is 1. The number of carbonyl (C=O) groups is 1. The molecule has 2 fully saturated rings. The molecule has 1 aliphatic heterocycles. The van der Waals surface area contributed by atoms with Crippen molar-refractivity contribution in [1.82, 2.24) is 9.78 Å². The average molecular weight is 533 g/mol. The molecule has 3 aliphatic rings. The zero-order valence-electron chi connectivity index (χ0n) is 22.6. The van der Waals surface area contributed by atoms with Crippen LogP contribution >= 0.6 is 8.86 Å². The van der Waals surface area contributed by atoms with Gasteiger partial charge in [0.2, 0.25) is 0 Å². The van der Waals surface area contributed by atoms with Gasteiger partial charge in [0.15, 0.2) is 5.60 Å². The van der Waals surface area contributed by atoms with E-state index in [9.17, 15) is 9.18 Å². The molecule has 38 heavy (non-hydrogen) atoms. The molecule has 0 bridgehead atoms. The first-order chi connectivity index (χ1) is 18.3. The Hall–Kier alpha value is -3.52. The number of rotatable bonds is 4. The minimum atomic E-state index is -0.558. The Morgan fingerprint density at radius 3 is 2.66 bits per heavy atom. The van der Waals surface area contributed by atoms with Crippen LogP contribution in [0.2, 0.25) is 0 Å². The van der Waals surface area contributed by atoms with Gasteiger partial charge in [0.25, 0.3) is 0 Å². The van der Waals surface area contributed by atoms with Gasteiger partial charge in [-0.25, -0.2) is 13.9 Å². The van der Waals surface area contributed by atoms with Crippen LogP contribution in [0.3, 0.4) is 0 Å². The maximum absolute atomic E-state index is 13.1. The molecule has 5 nitrogen and oxygen atoms in total. The van der Waals surface area contributed by atoms with Crippen molar-refractivity contribution in [3.8, 4) is 11.8 Å². The van der Waals surface area contributed by atoms with E-state index in [4.69, 9.17) is 9.47 Å². The van der Waals surface area contributed by atoms with Crippen molar-refractivity contribution in [3.63, 3.8) is 0 Å². The molecular weight excluding hydrogens is 498 g/mol. The van der Waals surface area contributed by atoms with Crippen LogP contribution in [0.15, 0.2) is 66.7 Å². The lowest BCUT2D eigenvalue weighted by atomic mass is 9.83. The Labute approximate surface area is 227 Å². The highest BCUT2D eigenvalue weighted by molar-refractivity contribution is 7.18. The Morgan fingerprint density at radius 1 is 1.29 bits per heavy atom. The summed E-state index contributed by atoms with van der Waals surface area (Å²) >= 11 is 0. The summed E-state index contributed by atoms with van der Waals surface area (Å²) in [5.41, 5.74) is 4.08. The largest absolute Gasteiger partial charge is 0.465 e. The molecule has 2 atom stereocenters. The van der Waals surface area contributed by atoms with Gasteiger partial charge in [-0.15, -0.1) is 8.86 Å². The van der Waals surface area contributed by atoms with Crippen molar-refractivity contribution in [2.24, 2.45) is 0 Å². The number of aromatic nitrogens is 2. The van der Waals surface area contributed by atoms with E-state index in [0.29, 0.717) is 17.5 Å². The SMILES string of the molecule is C=C(F)/C=C\C(=C/C)n1ncc2c1C=C1CCC3(C#Cc4ccccc4C(=O)OC)OC13C2.CC.CC=P. The number of allylic oxidation sites excluding steroid dienone is 5. The van der Waals surface area contributed by atoms with Gasteiger partial charge in [0, 0.05) is 17.5 Å². The molecule has 2 unspecified atom stereocenters. The van der Waals surface area contributed by atoms with Crippen molar-refractivity contribution >= 4 is 32.4 Å². The first-order valence-corrected chi connectivity index (χ1v) is 13.3. The summed E-state index contributed by atoms with van der Waals surface area (Å²) in [6.45, 7) is 11.1. The number of hydrogen-bond acceptors (Lipinski definition) is 4. The van der Waals surface area contributed by atoms with Crippen molar-refractivity contribution in [1.29, 1.82) is 0 Å². The number of carbonyl (C=O) groups excluding carboxylic acids is 1. The number of halogens is 1. The van der Waals surface area contributed by atoms with Crippen molar-refractivity contribution in [3.05, 3.63) is 89.1 Å². The molecule has 2 heterocycles. The first kappa shape index (κ1) is 29.0. The highest BCUT2D eigenvalue weighted by Gasteiger charge is 2.75. The van der Waals surface area contributed by atoms with E-state index in [-0.39, 0.29) is 0 Å². The quantitative estimate of drug-likeness (QED) is 0.142. The first-order valence-electron chi connectivity index (χ1n) is 12.7. The fraction of sp³-hybridized carbons (Fsp3) is 0.323. The van der Waals surface area contributed by atoms with Crippen LogP contribution in [0.4, 0.5) is 4.39 Å². The smallest absolute Gasteiger partial charge is 0.339 e. The van der Waals surface area contributed by atoms with Crippen LogP contribution < -0.4 is 0 Å². The van der Waals surface area contributed by atoms with E-state index in [1.54, 1.807) is 24.0 Å². The van der Waals surface area contributed by atoms with Crippen LogP contribution in [-0.4, -0.2) is 39.9 Å². The summed E-state index contributed by atoms with van der Waals surface area (Å²) in [7, 11) is 4.42. The molecule has 1 saturated carbocycles. The van der Waals surface area contributed by atoms with Gasteiger partial charge in [0.05, 0.1) is 30.3 Å². The Bertz CT molecular complexity index is 1390. The summed E-state index contributed by atoms with van der Waals surface area (Å²) < 4.78 is 26.2. The number of hydrogen-bond donors (Lipinski definition) is 0. The highest BCUT2D eigenvalue weighted by Crippen LogP contribution is 2.65. The predicted octanol–water partition coefficient (Wildman–Crippen LogP) is 6.84. The van der Waals surface area contributed by atoms with Crippen LogP contribution in [0.25, 0.3) is 11.8 Å². The molecule has 1 aromatic carbocycles. The molecule has 5 rings (SSSR count). The van der Waals surface area contributed by atoms with Gasteiger partial charge in [-0.05, 0) is 62.6 Å². The molecule has 1 spiro atoms. The van der Waals surface area contributed by atoms with Crippen LogP contribution in [0.1, 0.15) is 67.7 Å². The van der Waals surface area contributed by atoms with E-state index in [1.165, 1.54) is 18.8 Å². The standard InChI is InChI=1S/C27H23FN2O3.C2H5P.C2H6/c1-4-22(10-9-18(2)28)30-24-15-21-12-14-26(27(21,33-26)16-20(24)17-29-30)13-11-19-7-5-6-8-23(19)25(31)32-3;1-2-3;1-2/h4-10,15,17H,2,12,14,16H2,1,3H3;2-3H,1H3;1-2H3/b10-9-,22-4+;;. The van der Waals surface area contributed by atoms with Crippen molar-refractivity contribution in [2.45, 2.75) is 58.2 Å². The number of methoxy groups -OCH3 is 1. The second-order valence-corrected chi connectivity index (χ2v) is 9.22. The summed E-state index contributed by atoms with van der Waals surface area (Å²) in [5, 5.41) is 4.54. The maximum Gasteiger partial charge on any atom is 0.339 e. The number of nitrogens with zero attached hydrogens (tertiary/aromatic N) is 2. The summed E-state index contributed by atoms with van der Waals surface area (Å²) in [6.07, 6.45) is 11.2. The predicted molar refractivity (Wildman–Crippen MR) is 155 cm³/mol. The minimum Gasteiger partial charge on any atom is -0.465 e. The van der Waals surface area contributed by atoms with Crippen molar-refractivity contribution in [2.75, 3.05) is 7.11 Å². The number of epoxide rings is 1. The Balaban J connectivity index is 0.000000748.